The van der Waals surface area contributed by atoms with Crippen LogP contribution in [-0.4, -0.2) is 42.9 Å². The Kier molecular flexibility index (Phi) is 5.23. The second-order valence-electron chi connectivity index (χ2n) is 5.85. The number of carbonyl (C=O) groups excluding carboxylic acids is 1. The van der Waals surface area contributed by atoms with Crippen molar-refractivity contribution in [2.45, 2.75) is 50.7 Å². The van der Waals surface area contributed by atoms with E-state index in [1.807, 2.05) is 0 Å². The van der Waals surface area contributed by atoms with Gasteiger partial charge in [0.05, 0.1) is 12.0 Å². The highest BCUT2D eigenvalue weighted by Crippen LogP contribution is 2.33. The molecule has 0 aromatic heterocycles. The second-order valence-corrected chi connectivity index (χ2v) is 5.85. The van der Waals surface area contributed by atoms with Gasteiger partial charge in [-0.3, -0.25) is 4.79 Å². The minimum absolute atomic E-state index is 0.0903. The van der Waals surface area contributed by atoms with Gasteiger partial charge in [-0.1, -0.05) is 0 Å². The SMILES string of the molecule is COC(CNC(=O)NC1CCC(C(=O)O)CC1)C1CC1. The first-order chi connectivity index (χ1) is 9.60. The maximum Gasteiger partial charge on any atom is 0.315 e. The van der Waals surface area contributed by atoms with Gasteiger partial charge in [0, 0.05) is 19.7 Å². The van der Waals surface area contributed by atoms with E-state index in [1.165, 1.54) is 12.8 Å². The van der Waals surface area contributed by atoms with Gasteiger partial charge in [0.15, 0.2) is 0 Å². The van der Waals surface area contributed by atoms with Crippen LogP contribution in [0.25, 0.3) is 0 Å². The second kappa shape index (κ2) is 6.92. The molecule has 1 unspecified atom stereocenters. The van der Waals surface area contributed by atoms with Gasteiger partial charge in [-0.05, 0) is 44.4 Å². The van der Waals surface area contributed by atoms with Crippen LogP contribution in [0.15, 0.2) is 0 Å². The van der Waals surface area contributed by atoms with E-state index in [2.05, 4.69) is 10.6 Å². The van der Waals surface area contributed by atoms with E-state index in [4.69, 9.17) is 9.84 Å². The molecule has 2 fully saturated rings. The molecular formula is C14H24N2O4. The van der Waals surface area contributed by atoms with Crippen molar-refractivity contribution >= 4 is 12.0 Å². The van der Waals surface area contributed by atoms with E-state index in [1.54, 1.807) is 7.11 Å². The standard InChI is InChI=1S/C14H24N2O4/c1-20-12(9-2-3-9)8-15-14(19)16-11-6-4-10(5-7-11)13(17)18/h9-12H,2-8H2,1H3,(H,17,18)(H2,15,16,19). The maximum absolute atomic E-state index is 11.8. The Balaban J connectivity index is 1.63. The van der Waals surface area contributed by atoms with E-state index in [0.717, 1.165) is 12.8 Å². The zero-order valence-electron chi connectivity index (χ0n) is 11.9. The van der Waals surface area contributed by atoms with Gasteiger partial charge in [-0.2, -0.15) is 0 Å². The predicted molar refractivity (Wildman–Crippen MR) is 73.4 cm³/mol. The van der Waals surface area contributed by atoms with Gasteiger partial charge in [-0.15, -0.1) is 0 Å². The summed E-state index contributed by atoms with van der Waals surface area (Å²) in [5.41, 5.74) is 0. The predicted octanol–water partition coefficient (Wildman–Crippen LogP) is 1.35. The average Bonchev–Trinajstić information content (AvgIpc) is 3.25. The molecule has 114 valence electrons. The molecule has 0 aromatic rings. The van der Waals surface area contributed by atoms with Crippen LogP contribution in [0.1, 0.15) is 38.5 Å². The number of amides is 2. The first-order valence-electron chi connectivity index (χ1n) is 7.40. The number of carbonyl (C=O) groups is 2. The van der Waals surface area contributed by atoms with E-state index < -0.39 is 5.97 Å². The monoisotopic (exact) mass is 284 g/mol. The van der Waals surface area contributed by atoms with E-state index in [9.17, 15) is 9.59 Å². The number of rotatable bonds is 6. The number of hydrogen-bond donors (Lipinski definition) is 3. The lowest BCUT2D eigenvalue weighted by atomic mass is 9.86. The molecule has 0 radical (unpaired) electrons. The Hall–Kier alpha value is -1.30. The lowest BCUT2D eigenvalue weighted by Crippen LogP contribution is -2.46. The molecule has 2 aliphatic rings. The molecular weight excluding hydrogens is 260 g/mol. The first-order valence-corrected chi connectivity index (χ1v) is 7.40. The quantitative estimate of drug-likeness (QED) is 0.687. The fourth-order valence-electron chi connectivity index (χ4n) is 2.82. The molecule has 0 spiro atoms. The van der Waals surface area contributed by atoms with Crippen LogP contribution in [0, 0.1) is 11.8 Å². The number of urea groups is 1. The minimum atomic E-state index is -0.722. The Bertz CT molecular complexity index is 349. The van der Waals surface area contributed by atoms with Crippen molar-refractivity contribution in [1.29, 1.82) is 0 Å². The van der Waals surface area contributed by atoms with E-state index in [-0.39, 0.29) is 24.1 Å². The molecule has 0 saturated heterocycles. The van der Waals surface area contributed by atoms with Crippen molar-refractivity contribution in [3.63, 3.8) is 0 Å². The molecule has 0 bridgehead atoms. The van der Waals surface area contributed by atoms with Crippen molar-refractivity contribution in [2.24, 2.45) is 11.8 Å². The van der Waals surface area contributed by atoms with Gasteiger partial charge >= 0.3 is 12.0 Å². The van der Waals surface area contributed by atoms with Gasteiger partial charge in [-0.25, -0.2) is 4.79 Å². The Morgan fingerprint density at radius 2 is 1.85 bits per heavy atom. The third-order valence-corrected chi connectivity index (χ3v) is 4.33. The molecule has 0 aliphatic heterocycles. The molecule has 6 heteroatoms. The van der Waals surface area contributed by atoms with Gasteiger partial charge < -0.3 is 20.5 Å². The van der Waals surface area contributed by atoms with Crippen LogP contribution in [0.3, 0.4) is 0 Å². The third-order valence-electron chi connectivity index (χ3n) is 4.33. The molecule has 1 atom stereocenters. The fraction of sp³-hybridized carbons (Fsp3) is 0.857. The van der Waals surface area contributed by atoms with Crippen molar-refractivity contribution in [3.05, 3.63) is 0 Å². The van der Waals surface area contributed by atoms with Gasteiger partial charge in [0.1, 0.15) is 0 Å². The smallest absolute Gasteiger partial charge is 0.315 e. The van der Waals surface area contributed by atoms with Crippen molar-refractivity contribution in [3.8, 4) is 0 Å². The van der Waals surface area contributed by atoms with Crippen LogP contribution in [0.2, 0.25) is 0 Å². The van der Waals surface area contributed by atoms with Crippen molar-refractivity contribution in [2.75, 3.05) is 13.7 Å². The molecule has 2 amide bonds. The molecule has 2 aliphatic carbocycles. The van der Waals surface area contributed by atoms with Gasteiger partial charge in [0.25, 0.3) is 0 Å². The summed E-state index contributed by atoms with van der Waals surface area (Å²) in [6.07, 6.45) is 5.23. The van der Waals surface area contributed by atoms with Crippen LogP contribution in [0.5, 0.6) is 0 Å². The average molecular weight is 284 g/mol. The zero-order valence-corrected chi connectivity index (χ0v) is 11.9. The third kappa shape index (κ3) is 4.37. The lowest BCUT2D eigenvalue weighted by Gasteiger charge is -2.27. The minimum Gasteiger partial charge on any atom is -0.481 e. The Morgan fingerprint density at radius 1 is 1.20 bits per heavy atom. The van der Waals surface area contributed by atoms with Crippen LogP contribution in [-0.2, 0) is 9.53 Å². The van der Waals surface area contributed by atoms with Gasteiger partial charge in [0.2, 0.25) is 0 Å². The summed E-state index contributed by atoms with van der Waals surface area (Å²) in [4.78, 5) is 22.6. The molecule has 2 saturated carbocycles. The molecule has 0 aromatic carbocycles. The van der Waals surface area contributed by atoms with Crippen LogP contribution >= 0.6 is 0 Å². The lowest BCUT2D eigenvalue weighted by molar-refractivity contribution is -0.142. The highest BCUT2D eigenvalue weighted by molar-refractivity contribution is 5.74. The summed E-state index contributed by atoms with van der Waals surface area (Å²) in [7, 11) is 1.68. The number of carboxylic acids is 1. The number of aliphatic carboxylic acids is 1. The molecule has 0 heterocycles. The normalized spacial score (nSPS) is 27.6. The molecule has 2 rings (SSSR count). The topological polar surface area (TPSA) is 87.7 Å². The summed E-state index contributed by atoms with van der Waals surface area (Å²) in [6.45, 7) is 0.539. The van der Waals surface area contributed by atoms with E-state index in [0.29, 0.717) is 25.3 Å². The van der Waals surface area contributed by atoms with Crippen molar-refractivity contribution < 1.29 is 19.4 Å². The molecule has 6 nitrogen and oxygen atoms in total. The van der Waals surface area contributed by atoms with E-state index >= 15 is 0 Å². The largest absolute Gasteiger partial charge is 0.481 e. The number of nitrogens with one attached hydrogen (secondary N) is 2. The Labute approximate surface area is 119 Å². The van der Waals surface area contributed by atoms with Crippen LogP contribution in [0.4, 0.5) is 4.79 Å². The van der Waals surface area contributed by atoms with Crippen molar-refractivity contribution in [1.82, 2.24) is 10.6 Å². The summed E-state index contributed by atoms with van der Waals surface area (Å²) in [5, 5.41) is 14.7. The number of methoxy groups -OCH3 is 1. The van der Waals surface area contributed by atoms with Crippen LogP contribution < -0.4 is 10.6 Å². The highest BCUT2D eigenvalue weighted by Gasteiger charge is 2.31. The number of carboxylic acid groups (broad SMARTS) is 1. The summed E-state index contributed by atoms with van der Waals surface area (Å²) in [5.74, 6) is -0.379. The number of ether oxygens (including phenoxy) is 1. The molecule has 20 heavy (non-hydrogen) atoms. The summed E-state index contributed by atoms with van der Waals surface area (Å²) in [6, 6.07) is -0.0843. The summed E-state index contributed by atoms with van der Waals surface area (Å²) >= 11 is 0. The highest BCUT2D eigenvalue weighted by atomic mass is 16.5. The zero-order chi connectivity index (χ0) is 14.5. The number of hydrogen-bond acceptors (Lipinski definition) is 3. The maximum atomic E-state index is 11.8. The summed E-state index contributed by atoms with van der Waals surface area (Å²) < 4.78 is 5.35. The molecule has 3 N–H and O–H groups in total. The first kappa shape index (κ1) is 15.1. The fourth-order valence-corrected chi connectivity index (χ4v) is 2.82. The Morgan fingerprint density at radius 3 is 2.35 bits per heavy atom.